The molecule has 1 radical (unpaired) electrons. The summed E-state index contributed by atoms with van der Waals surface area (Å²) in [4.78, 5) is 0. The first-order valence-corrected chi connectivity index (χ1v) is 2.97. The molecular formula is C7H13O. The van der Waals surface area contributed by atoms with Gasteiger partial charge in [0.1, 0.15) is 7.11 Å². The van der Waals surface area contributed by atoms with E-state index in [-0.39, 0.29) is 0 Å². The lowest BCUT2D eigenvalue weighted by atomic mass is 10.2. The Morgan fingerprint density at radius 3 is 2.88 bits per heavy atom. The molecule has 1 nitrogen and oxygen atoms in total. The molecule has 0 aliphatic carbocycles. The summed E-state index contributed by atoms with van der Waals surface area (Å²) in [6, 6.07) is 0. The number of hydrogen-bond acceptors (Lipinski definition) is 1. The van der Waals surface area contributed by atoms with E-state index in [2.05, 4.69) is 18.8 Å². The summed E-state index contributed by atoms with van der Waals surface area (Å²) in [6.45, 7) is 2.17. The molecule has 0 rings (SSSR count). The predicted octanol–water partition coefficient (Wildman–Crippen LogP) is 2.50. The molecule has 0 spiro atoms. The van der Waals surface area contributed by atoms with Crippen LogP contribution in [0.5, 0.6) is 0 Å². The van der Waals surface area contributed by atoms with Crippen molar-refractivity contribution >= 4 is 0 Å². The Hall–Kier alpha value is -0.460. The van der Waals surface area contributed by atoms with Gasteiger partial charge in [0.15, 0.2) is 0 Å². The van der Waals surface area contributed by atoms with E-state index in [1.54, 1.807) is 6.26 Å². The zero-order valence-corrected chi connectivity index (χ0v) is 5.39. The van der Waals surface area contributed by atoms with Gasteiger partial charge in [0.2, 0.25) is 0 Å². The monoisotopic (exact) mass is 113 g/mol. The molecule has 0 aromatic carbocycles. The first kappa shape index (κ1) is 7.54. The van der Waals surface area contributed by atoms with Gasteiger partial charge in [-0.05, 0) is 18.9 Å². The maximum Gasteiger partial charge on any atom is 0.121 e. The summed E-state index contributed by atoms with van der Waals surface area (Å²) in [7, 11) is 3.20. The van der Waals surface area contributed by atoms with Gasteiger partial charge in [-0.2, -0.15) is 0 Å². The van der Waals surface area contributed by atoms with Crippen LogP contribution in [0.2, 0.25) is 0 Å². The lowest BCUT2D eigenvalue weighted by molar-refractivity contribution is 0.392. The highest BCUT2D eigenvalue weighted by molar-refractivity contribution is 4.72. The Bertz CT molecular complexity index is 57.4. The maximum atomic E-state index is 4.46. The van der Waals surface area contributed by atoms with Gasteiger partial charge in [0, 0.05) is 0 Å². The lowest BCUT2D eigenvalue weighted by Crippen LogP contribution is -1.66. The van der Waals surface area contributed by atoms with Gasteiger partial charge in [-0.25, -0.2) is 0 Å². The van der Waals surface area contributed by atoms with Crippen LogP contribution in [0.3, 0.4) is 0 Å². The summed E-state index contributed by atoms with van der Waals surface area (Å²) in [5, 5.41) is 0. The van der Waals surface area contributed by atoms with Gasteiger partial charge >= 0.3 is 0 Å². The third-order valence-electron chi connectivity index (χ3n) is 0.917. The minimum Gasteiger partial charge on any atom is -0.498 e. The predicted molar refractivity (Wildman–Crippen MR) is 35.1 cm³/mol. The van der Waals surface area contributed by atoms with E-state index in [0.717, 1.165) is 6.42 Å². The average molecular weight is 113 g/mol. The van der Waals surface area contributed by atoms with Crippen molar-refractivity contribution in [2.45, 2.75) is 26.2 Å². The largest absolute Gasteiger partial charge is 0.498 e. The van der Waals surface area contributed by atoms with Crippen molar-refractivity contribution in [3.8, 4) is 0 Å². The van der Waals surface area contributed by atoms with Gasteiger partial charge in [-0.3, -0.25) is 0 Å². The quantitative estimate of drug-likeness (QED) is 0.402. The third-order valence-corrected chi connectivity index (χ3v) is 0.917. The normalized spacial score (nSPS) is 10.2. The number of rotatable bonds is 4. The van der Waals surface area contributed by atoms with E-state index >= 15 is 0 Å². The van der Waals surface area contributed by atoms with Crippen molar-refractivity contribution in [3.63, 3.8) is 0 Å². The van der Waals surface area contributed by atoms with Crippen molar-refractivity contribution < 1.29 is 4.74 Å². The number of hydrogen-bond donors (Lipinski definition) is 0. The summed E-state index contributed by atoms with van der Waals surface area (Å²) >= 11 is 0. The highest BCUT2D eigenvalue weighted by atomic mass is 16.5. The molecule has 0 aliphatic rings. The maximum absolute atomic E-state index is 4.46. The summed E-state index contributed by atoms with van der Waals surface area (Å²) in [5.74, 6) is 0. The molecule has 0 saturated carbocycles. The highest BCUT2D eigenvalue weighted by Gasteiger charge is 1.75. The van der Waals surface area contributed by atoms with Crippen LogP contribution in [0.4, 0.5) is 0 Å². The Balaban J connectivity index is 2.80. The molecule has 0 unspecified atom stereocenters. The standard InChI is InChI=1S/C7H13O/c1-3-4-5-6-7-8-2/h6-7H,2-5H2,1H3. The molecule has 0 N–H and O–H groups in total. The minimum absolute atomic E-state index is 1.10. The van der Waals surface area contributed by atoms with Crippen LogP contribution in [0, 0.1) is 7.11 Å². The molecule has 0 fully saturated rings. The highest BCUT2D eigenvalue weighted by Crippen LogP contribution is 1.94. The molecule has 0 saturated heterocycles. The topological polar surface area (TPSA) is 9.23 Å². The summed E-state index contributed by atoms with van der Waals surface area (Å²) in [5.41, 5.74) is 0. The van der Waals surface area contributed by atoms with Crippen LogP contribution in [-0.2, 0) is 4.74 Å². The Kier molecular flexibility index (Phi) is 6.16. The fraction of sp³-hybridized carbons (Fsp3) is 0.571. The fourth-order valence-electron chi connectivity index (χ4n) is 0.458. The van der Waals surface area contributed by atoms with Crippen molar-refractivity contribution in [1.29, 1.82) is 0 Å². The van der Waals surface area contributed by atoms with E-state index < -0.39 is 0 Å². The van der Waals surface area contributed by atoms with E-state index in [1.165, 1.54) is 12.8 Å². The van der Waals surface area contributed by atoms with Crippen LogP contribution >= 0.6 is 0 Å². The Morgan fingerprint density at radius 2 is 2.38 bits per heavy atom. The van der Waals surface area contributed by atoms with Crippen LogP contribution in [0.25, 0.3) is 0 Å². The van der Waals surface area contributed by atoms with Crippen molar-refractivity contribution in [2.75, 3.05) is 0 Å². The molecule has 0 aromatic rings. The van der Waals surface area contributed by atoms with Crippen molar-refractivity contribution in [1.82, 2.24) is 0 Å². The molecule has 0 amide bonds. The molecule has 8 heavy (non-hydrogen) atoms. The van der Waals surface area contributed by atoms with Crippen LogP contribution in [0.15, 0.2) is 12.3 Å². The van der Waals surface area contributed by atoms with Gasteiger partial charge in [0.05, 0.1) is 6.26 Å². The van der Waals surface area contributed by atoms with Crippen molar-refractivity contribution in [2.24, 2.45) is 0 Å². The van der Waals surface area contributed by atoms with Gasteiger partial charge < -0.3 is 4.74 Å². The second-order valence-corrected chi connectivity index (χ2v) is 1.68. The van der Waals surface area contributed by atoms with E-state index in [9.17, 15) is 0 Å². The van der Waals surface area contributed by atoms with Crippen molar-refractivity contribution in [3.05, 3.63) is 19.4 Å². The zero-order valence-electron chi connectivity index (χ0n) is 5.39. The fourth-order valence-corrected chi connectivity index (χ4v) is 0.458. The molecule has 0 aliphatic heterocycles. The molecule has 0 bridgehead atoms. The first-order chi connectivity index (χ1) is 3.91. The summed E-state index contributed by atoms with van der Waals surface area (Å²) in [6.07, 6.45) is 7.18. The molecule has 47 valence electrons. The Morgan fingerprint density at radius 1 is 1.62 bits per heavy atom. The van der Waals surface area contributed by atoms with Crippen LogP contribution in [0.1, 0.15) is 26.2 Å². The molecular weight excluding hydrogens is 100 g/mol. The minimum atomic E-state index is 1.10. The average Bonchev–Trinajstić information content (AvgIpc) is 1.81. The van der Waals surface area contributed by atoms with Crippen LogP contribution < -0.4 is 0 Å². The number of unbranched alkanes of at least 4 members (excludes halogenated alkanes) is 2. The molecule has 1 heteroatoms. The van der Waals surface area contributed by atoms with E-state index in [1.807, 2.05) is 6.08 Å². The lowest BCUT2D eigenvalue weighted by Gasteiger charge is -1.86. The number of allylic oxidation sites excluding steroid dienone is 1. The van der Waals surface area contributed by atoms with Gasteiger partial charge in [-0.15, -0.1) is 0 Å². The first-order valence-electron chi connectivity index (χ1n) is 2.97. The second kappa shape index (κ2) is 6.54. The third kappa shape index (κ3) is 5.54. The zero-order chi connectivity index (χ0) is 6.24. The van der Waals surface area contributed by atoms with Crippen LogP contribution in [-0.4, -0.2) is 0 Å². The molecule has 0 atom stereocenters. The van der Waals surface area contributed by atoms with Gasteiger partial charge in [-0.1, -0.05) is 13.3 Å². The van der Waals surface area contributed by atoms with Gasteiger partial charge in [0.25, 0.3) is 0 Å². The van der Waals surface area contributed by atoms with E-state index in [0.29, 0.717) is 0 Å². The summed E-state index contributed by atoms with van der Waals surface area (Å²) < 4.78 is 4.46. The number of ether oxygens (including phenoxy) is 1. The molecule has 0 aromatic heterocycles. The second-order valence-electron chi connectivity index (χ2n) is 1.68. The SMILES string of the molecule is [CH2]OC=CCCCC. The Labute approximate surface area is 51.4 Å². The van der Waals surface area contributed by atoms with E-state index in [4.69, 9.17) is 0 Å². The molecule has 0 heterocycles. The smallest absolute Gasteiger partial charge is 0.121 e.